The van der Waals surface area contributed by atoms with Crippen molar-refractivity contribution in [2.75, 3.05) is 6.61 Å². The predicted molar refractivity (Wildman–Crippen MR) is 65.6 cm³/mol. The number of nitro benzene ring substituents is 1. The van der Waals surface area contributed by atoms with E-state index in [0.29, 0.717) is 18.5 Å². The van der Waals surface area contributed by atoms with E-state index in [1.165, 1.54) is 10.7 Å². The summed E-state index contributed by atoms with van der Waals surface area (Å²) in [6.45, 7) is 0.122. The Morgan fingerprint density at radius 2 is 2.17 bits per heavy atom. The molecule has 0 atom stereocenters. The first-order chi connectivity index (χ1) is 8.72. The molecule has 0 saturated carbocycles. The molecule has 1 heterocycles. The molecule has 0 radical (unpaired) electrons. The molecular formula is C12H13N3O3. The van der Waals surface area contributed by atoms with E-state index in [1.807, 2.05) is 0 Å². The Hall–Kier alpha value is -2.21. The number of rotatable bonds is 5. The van der Waals surface area contributed by atoms with Crippen LogP contribution in [0.4, 0.5) is 5.69 Å². The molecule has 0 spiro atoms. The van der Waals surface area contributed by atoms with Crippen LogP contribution in [0, 0.1) is 10.1 Å². The van der Waals surface area contributed by atoms with Gasteiger partial charge in [-0.1, -0.05) is 12.1 Å². The van der Waals surface area contributed by atoms with Crippen molar-refractivity contribution in [3.8, 4) is 5.69 Å². The minimum absolute atomic E-state index is 0.0225. The third-order valence-corrected chi connectivity index (χ3v) is 2.58. The molecule has 18 heavy (non-hydrogen) atoms. The van der Waals surface area contributed by atoms with E-state index in [2.05, 4.69) is 5.10 Å². The van der Waals surface area contributed by atoms with Crippen LogP contribution in [0.3, 0.4) is 0 Å². The molecule has 6 nitrogen and oxygen atoms in total. The van der Waals surface area contributed by atoms with E-state index in [0.717, 1.165) is 5.56 Å². The SMILES string of the molecule is O=[N+]([O-])c1ccccc1-n1cc(CCCO)cn1. The van der Waals surface area contributed by atoms with Gasteiger partial charge >= 0.3 is 0 Å². The molecule has 2 aromatic rings. The molecule has 0 aliphatic rings. The summed E-state index contributed by atoms with van der Waals surface area (Å²) in [6.07, 6.45) is 4.77. The summed E-state index contributed by atoms with van der Waals surface area (Å²) in [7, 11) is 0. The lowest BCUT2D eigenvalue weighted by molar-refractivity contribution is -0.384. The normalized spacial score (nSPS) is 10.5. The van der Waals surface area contributed by atoms with Crippen molar-refractivity contribution in [3.05, 3.63) is 52.3 Å². The Kier molecular flexibility index (Phi) is 3.69. The van der Waals surface area contributed by atoms with Crippen molar-refractivity contribution < 1.29 is 10.0 Å². The Labute approximate surface area is 104 Å². The van der Waals surface area contributed by atoms with Crippen LogP contribution in [0.1, 0.15) is 12.0 Å². The fourth-order valence-corrected chi connectivity index (χ4v) is 1.72. The van der Waals surface area contributed by atoms with E-state index < -0.39 is 4.92 Å². The Morgan fingerprint density at radius 3 is 2.89 bits per heavy atom. The Balaban J connectivity index is 2.31. The molecule has 2 rings (SSSR count). The summed E-state index contributed by atoms with van der Waals surface area (Å²) in [5, 5.41) is 23.8. The molecule has 94 valence electrons. The van der Waals surface area contributed by atoms with Crippen LogP contribution in [0.5, 0.6) is 0 Å². The first-order valence-electron chi connectivity index (χ1n) is 5.60. The second-order valence-corrected chi connectivity index (χ2v) is 3.87. The van der Waals surface area contributed by atoms with Gasteiger partial charge in [0.2, 0.25) is 0 Å². The highest BCUT2D eigenvalue weighted by molar-refractivity contribution is 5.51. The number of nitro groups is 1. The lowest BCUT2D eigenvalue weighted by Gasteiger charge is -2.01. The number of benzene rings is 1. The molecule has 1 aromatic carbocycles. The summed E-state index contributed by atoms with van der Waals surface area (Å²) >= 11 is 0. The van der Waals surface area contributed by atoms with E-state index >= 15 is 0 Å². The van der Waals surface area contributed by atoms with Gasteiger partial charge < -0.3 is 5.11 Å². The zero-order valence-electron chi connectivity index (χ0n) is 9.69. The standard InChI is InChI=1S/C12H13N3O3/c16-7-3-4-10-8-13-14(9-10)11-5-1-2-6-12(11)15(17)18/h1-2,5-6,8-9,16H,3-4,7H2. The highest BCUT2D eigenvalue weighted by Crippen LogP contribution is 2.21. The van der Waals surface area contributed by atoms with Crippen molar-refractivity contribution >= 4 is 5.69 Å². The average Bonchev–Trinajstić information content (AvgIpc) is 2.85. The molecule has 0 bridgehead atoms. The smallest absolute Gasteiger partial charge is 0.294 e. The number of hydrogen-bond donors (Lipinski definition) is 1. The van der Waals surface area contributed by atoms with Gasteiger partial charge in [0.1, 0.15) is 5.69 Å². The summed E-state index contributed by atoms with van der Waals surface area (Å²) in [6, 6.07) is 6.46. The summed E-state index contributed by atoms with van der Waals surface area (Å²) < 4.78 is 1.49. The van der Waals surface area contributed by atoms with Gasteiger partial charge in [-0.2, -0.15) is 5.10 Å². The number of aliphatic hydroxyl groups is 1. The Morgan fingerprint density at radius 1 is 1.39 bits per heavy atom. The van der Waals surface area contributed by atoms with Crippen LogP contribution in [0.2, 0.25) is 0 Å². The van der Waals surface area contributed by atoms with Gasteiger partial charge in [-0.25, -0.2) is 4.68 Å². The maximum atomic E-state index is 10.9. The predicted octanol–water partition coefficient (Wildman–Crippen LogP) is 1.71. The van der Waals surface area contributed by atoms with Crippen molar-refractivity contribution in [1.29, 1.82) is 0 Å². The van der Waals surface area contributed by atoms with Gasteiger partial charge in [0.15, 0.2) is 0 Å². The largest absolute Gasteiger partial charge is 0.396 e. The zero-order valence-corrected chi connectivity index (χ0v) is 9.69. The molecular weight excluding hydrogens is 234 g/mol. The number of para-hydroxylation sites is 2. The lowest BCUT2D eigenvalue weighted by atomic mass is 10.2. The molecule has 1 aromatic heterocycles. The first kappa shape index (κ1) is 12.3. The van der Waals surface area contributed by atoms with Crippen molar-refractivity contribution in [2.24, 2.45) is 0 Å². The van der Waals surface area contributed by atoms with Crippen LogP contribution in [-0.2, 0) is 6.42 Å². The van der Waals surface area contributed by atoms with Gasteiger partial charge in [0, 0.05) is 18.9 Å². The first-order valence-corrected chi connectivity index (χ1v) is 5.60. The van der Waals surface area contributed by atoms with Crippen LogP contribution in [0.25, 0.3) is 5.69 Å². The lowest BCUT2D eigenvalue weighted by Crippen LogP contribution is -2.00. The number of aliphatic hydroxyl groups excluding tert-OH is 1. The van der Waals surface area contributed by atoms with Gasteiger partial charge in [0.25, 0.3) is 5.69 Å². The molecule has 1 N–H and O–H groups in total. The minimum Gasteiger partial charge on any atom is -0.396 e. The maximum Gasteiger partial charge on any atom is 0.294 e. The van der Waals surface area contributed by atoms with Crippen molar-refractivity contribution in [3.63, 3.8) is 0 Å². The van der Waals surface area contributed by atoms with Gasteiger partial charge in [-0.15, -0.1) is 0 Å². The average molecular weight is 247 g/mol. The monoisotopic (exact) mass is 247 g/mol. The number of hydrogen-bond acceptors (Lipinski definition) is 4. The summed E-state index contributed by atoms with van der Waals surface area (Å²) in [4.78, 5) is 10.5. The van der Waals surface area contributed by atoms with Crippen LogP contribution in [0.15, 0.2) is 36.7 Å². The van der Waals surface area contributed by atoms with Gasteiger partial charge in [-0.3, -0.25) is 10.1 Å². The van der Waals surface area contributed by atoms with Crippen molar-refractivity contribution in [1.82, 2.24) is 9.78 Å². The number of aryl methyl sites for hydroxylation is 1. The van der Waals surface area contributed by atoms with E-state index in [9.17, 15) is 10.1 Å². The molecule has 0 aliphatic carbocycles. The van der Waals surface area contributed by atoms with Crippen LogP contribution in [-0.4, -0.2) is 26.4 Å². The third kappa shape index (κ3) is 2.54. The second kappa shape index (κ2) is 5.42. The number of aromatic nitrogens is 2. The Bertz CT molecular complexity index is 551. The molecule has 0 fully saturated rings. The fourth-order valence-electron chi connectivity index (χ4n) is 1.72. The van der Waals surface area contributed by atoms with Crippen LogP contribution >= 0.6 is 0 Å². The molecule has 6 heteroatoms. The highest BCUT2D eigenvalue weighted by atomic mass is 16.6. The quantitative estimate of drug-likeness (QED) is 0.644. The molecule has 0 unspecified atom stereocenters. The summed E-state index contributed by atoms with van der Waals surface area (Å²) in [5.74, 6) is 0. The number of nitrogens with zero attached hydrogens (tertiary/aromatic N) is 3. The zero-order chi connectivity index (χ0) is 13.0. The van der Waals surface area contributed by atoms with Crippen LogP contribution < -0.4 is 0 Å². The molecule has 0 saturated heterocycles. The second-order valence-electron chi connectivity index (χ2n) is 3.87. The highest BCUT2D eigenvalue weighted by Gasteiger charge is 2.14. The molecule has 0 amide bonds. The molecule has 0 aliphatic heterocycles. The van der Waals surface area contributed by atoms with E-state index in [1.54, 1.807) is 30.6 Å². The summed E-state index contributed by atoms with van der Waals surface area (Å²) in [5.41, 5.74) is 1.41. The van der Waals surface area contributed by atoms with Gasteiger partial charge in [0.05, 0.1) is 11.1 Å². The maximum absolute atomic E-state index is 10.9. The van der Waals surface area contributed by atoms with Crippen molar-refractivity contribution in [2.45, 2.75) is 12.8 Å². The van der Waals surface area contributed by atoms with Gasteiger partial charge in [-0.05, 0) is 24.5 Å². The fraction of sp³-hybridized carbons (Fsp3) is 0.250. The van der Waals surface area contributed by atoms with E-state index in [4.69, 9.17) is 5.11 Å². The van der Waals surface area contributed by atoms with E-state index in [-0.39, 0.29) is 12.3 Å². The third-order valence-electron chi connectivity index (χ3n) is 2.58. The minimum atomic E-state index is -0.426. The topological polar surface area (TPSA) is 81.2 Å².